The largest absolute Gasteiger partial charge is 0.489 e. The van der Waals surface area contributed by atoms with Gasteiger partial charge in [-0.15, -0.1) is 0 Å². The molecule has 0 bridgehead atoms. The first-order valence-electron chi connectivity index (χ1n) is 3.82. The highest BCUT2D eigenvalue weighted by Gasteiger charge is 2.14. The van der Waals surface area contributed by atoms with E-state index in [0.717, 1.165) is 4.90 Å². The molecule has 70 valence electrons. The van der Waals surface area contributed by atoms with E-state index in [0.29, 0.717) is 11.4 Å². The van der Waals surface area contributed by atoms with Gasteiger partial charge in [0.25, 0.3) is 0 Å². The van der Waals surface area contributed by atoms with Crippen LogP contribution in [0, 0.1) is 0 Å². The fourth-order valence-electron chi connectivity index (χ4n) is 0.948. The average molecular weight is 198 g/mol. The smallest absolute Gasteiger partial charge is 0.423 e. The number of methoxy groups -OCH3 is 1. The van der Waals surface area contributed by atoms with E-state index in [1.54, 1.807) is 19.2 Å². The molecule has 1 aromatic carbocycles. The van der Waals surface area contributed by atoms with Gasteiger partial charge in [0.2, 0.25) is 0 Å². The van der Waals surface area contributed by atoms with E-state index >= 15 is 0 Å². The zero-order chi connectivity index (χ0) is 9.68. The Kier molecular flexibility index (Phi) is 4.31. The third kappa shape index (κ3) is 3.04. The highest BCUT2D eigenvalue weighted by molar-refractivity contribution is 7.99. The van der Waals surface area contributed by atoms with E-state index in [1.807, 2.05) is 12.1 Å². The van der Waals surface area contributed by atoms with Crippen molar-refractivity contribution in [3.05, 3.63) is 24.3 Å². The molecule has 0 spiro atoms. The number of hydrogen-bond donors (Lipinski definition) is 2. The summed E-state index contributed by atoms with van der Waals surface area (Å²) in [6, 6.07) is 7.14. The van der Waals surface area contributed by atoms with Crippen LogP contribution in [0.5, 0.6) is 0 Å². The highest BCUT2D eigenvalue weighted by atomic mass is 32.2. The van der Waals surface area contributed by atoms with Gasteiger partial charge in [0.1, 0.15) is 0 Å². The van der Waals surface area contributed by atoms with Crippen LogP contribution in [0.25, 0.3) is 0 Å². The third-order valence-corrected chi connectivity index (χ3v) is 2.57. The molecule has 1 rings (SSSR count). The van der Waals surface area contributed by atoms with Crippen LogP contribution in [0.15, 0.2) is 29.2 Å². The molecule has 0 radical (unpaired) electrons. The molecule has 0 unspecified atom stereocenters. The van der Waals surface area contributed by atoms with Crippen molar-refractivity contribution < 1.29 is 14.8 Å². The second-order valence-electron chi connectivity index (χ2n) is 2.46. The Morgan fingerprint density at radius 2 is 2.08 bits per heavy atom. The van der Waals surface area contributed by atoms with E-state index in [4.69, 9.17) is 14.8 Å². The van der Waals surface area contributed by atoms with Crippen LogP contribution >= 0.6 is 11.8 Å². The summed E-state index contributed by atoms with van der Waals surface area (Å²) in [4.78, 5) is 0.833. The van der Waals surface area contributed by atoms with E-state index in [9.17, 15) is 0 Å². The zero-order valence-corrected chi connectivity index (χ0v) is 8.12. The van der Waals surface area contributed by atoms with Crippen LogP contribution in [-0.2, 0) is 4.74 Å². The van der Waals surface area contributed by atoms with Crippen LogP contribution in [0.3, 0.4) is 0 Å². The Hall–Kier alpha value is -0.485. The summed E-state index contributed by atoms with van der Waals surface area (Å²) in [6.07, 6.45) is 0. The van der Waals surface area contributed by atoms with E-state index < -0.39 is 7.12 Å². The lowest BCUT2D eigenvalue weighted by Crippen LogP contribution is -2.31. The molecular weight excluding hydrogens is 187 g/mol. The minimum absolute atomic E-state index is 0.504. The Morgan fingerprint density at radius 3 is 2.69 bits per heavy atom. The van der Waals surface area contributed by atoms with E-state index in [1.165, 1.54) is 11.8 Å². The molecule has 0 saturated carbocycles. The molecular formula is C8H11BO3S. The fourth-order valence-corrected chi connectivity index (χ4v) is 1.71. The lowest BCUT2D eigenvalue weighted by molar-refractivity contribution is 0.259. The molecule has 1 aromatic rings. The van der Waals surface area contributed by atoms with Crippen molar-refractivity contribution in [3.63, 3.8) is 0 Å². The molecule has 0 saturated heterocycles. The standard InChI is InChI=1S/C8H11BO3S/c1-12-6-13-8-5-3-2-4-7(8)9(10)11/h2-5,10-11H,6H2,1H3. The molecule has 0 aromatic heterocycles. The van der Waals surface area contributed by atoms with Gasteiger partial charge in [0, 0.05) is 12.0 Å². The molecule has 0 atom stereocenters. The second kappa shape index (κ2) is 5.29. The summed E-state index contributed by atoms with van der Waals surface area (Å²) < 4.78 is 4.88. The van der Waals surface area contributed by atoms with Crippen molar-refractivity contribution in [1.29, 1.82) is 0 Å². The van der Waals surface area contributed by atoms with Gasteiger partial charge in [-0.1, -0.05) is 30.0 Å². The van der Waals surface area contributed by atoms with Gasteiger partial charge in [0.15, 0.2) is 0 Å². The van der Waals surface area contributed by atoms with Crippen LogP contribution in [0.1, 0.15) is 0 Å². The van der Waals surface area contributed by atoms with Crippen molar-refractivity contribution in [1.82, 2.24) is 0 Å². The summed E-state index contributed by atoms with van der Waals surface area (Å²) in [7, 11) is 0.186. The number of hydrogen-bond acceptors (Lipinski definition) is 4. The van der Waals surface area contributed by atoms with Crippen molar-refractivity contribution in [2.45, 2.75) is 4.90 Å². The molecule has 0 aliphatic heterocycles. The number of benzene rings is 1. The van der Waals surface area contributed by atoms with Crippen LogP contribution < -0.4 is 5.46 Å². The maximum atomic E-state index is 9.01. The first kappa shape index (κ1) is 10.6. The van der Waals surface area contributed by atoms with Gasteiger partial charge in [-0.3, -0.25) is 0 Å². The predicted molar refractivity (Wildman–Crippen MR) is 54.0 cm³/mol. The summed E-state index contributed by atoms with van der Waals surface area (Å²) in [5.74, 6) is 0.504. The fraction of sp³-hybridized carbons (Fsp3) is 0.250. The summed E-state index contributed by atoms with van der Waals surface area (Å²) in [5.41, 5.74) is 0.518. The first-order chi connectivity index (χ1) is 6.25. The van der Waals surface area contributed by atoms with Gasteiger partial charge in [-0.2, -0.15) is 0 Å². The summed E-state index contributed by atoms with van der Waals surface area (Å²) in [6.45, 7) is 0. The van der Waals surface area contributed by atoms with E-state index in [-0.39, 0.29) is 0 Å². The Morgan fingerprint density at radius 1 is 1.38 bits per heavy atom. The molecule has 0 amide bonds. The monoisotopic (exact) mass is 198 g/mol. The van der Waals surface area contributed by atoms with Crippen LogP contribution in [0.2, 0.25) is 0 Å². The highest BCUT2D eigenvalue weighted by Crippen LogP contribution is 2.15. The Bertz CT molecular complexity index is 267. The average Bonchev–Trinajstić information content (AvgIpc) is 2.15. The normalized spacial score (nSPS) is 10.1. The molecule has 2 N–H and O–H groups in total. The van der Waals surface area contributed by atoms with Crippen molar-refractivity contribution >= 4 is 24.3 Å². The minimum Gasteiger partial charge on any atom is -0.423 e. The van der Waals surface area contributed by atoms with Gasteiger partial charge in [0.05, 0.1) is 5.94 Å². The lowest BCUT2D eigenvalue weighted by Gasteiger charge is -2.06. The molecule has 0 heterocycles. The minimum atomic E-state index is -1.42. The molecule has 13 heavy (non-hydrogen) atoms. The number of thioether (sulfide) groups is 1. The molecule has 3 nitrogen and oxygen atoms in total. The molecule has 0 aliphatic carbocycles. The van der Waals surface area contributed by atoms with Gasteiger partial charge < -0.3 is 14.8 Å². The van der Waals surface area contributed by atoms with Crippen molar-refractivity contribution in [3.8, 4) is 0 Å². The summed E-state index contributed by atoms with van der Waals surface area (Å²) in [5, 5.41) is 18.0. The SMILES string of the molecule is COCSc1ccccc1B(O)O. The topological polar surface area (TPSA) is 49.7 Å². The molecule has 0 aliphatic rings. The van der Waals surface area contributed by atoms with Gasteiger partial charge in [-0.25, -0.2) is 0 Å². The Balaban J connectivity index is 2.78. The predicted octanol–water partition coefficient (Wildman–Crippen LogP) is 0.0624. The Labute approximate surface area is 81.9 Å². The third-order valence-electron chi connectivity index (χ3n) is 1.53. The van der Waals surface area contributed by atoms with Gasteiger partial charge in [-0.05, 0) is 11.5 Å². The van der Waals surface area contributed by atoms with E-state index in [2.05, 4.69) is 0 Å². The molecule has 5 heteroatoms. The van der Waals surface area contributed by atoms with Crippen molar-refractivity contribution in [2.75, 3.05) is 13.0 Å². The second-order valence-corrected chi connectivity index (χ2v) is 3.43. The number of ether oxygens (including phenoxy) is 1. The first-order valence-corrected chi connectivity index (χ1v) is 4.81. The maximum absolute atomic E-state index is 9.01. The van der Waals surface area contributed by atoms with Gasteiger partial charge >= 0.3 is 7.12 Å². The van der Waals surface area contributed by atoms with Crippen LogP contribution in [0.4, 0.5) is 0 Å². The molecule has 0 fully saturated rings. The lowest BCUT2D eigenvalue weighted by atomic mass is 9.80. The van der Waals surface area contributed by atoms with Crippen molar-refractivity contribution in [2.24, 2.45) is 0 Å². The maximum Gasteiger partial charge on any atom is 0.489 e. The number of rotatable bonds is 4. The quantitative estimate of drug-likeness (QED) is 0.408. The summed E-state index contributed by atoms with van der Waals surface area (Å²) >= 11 is 1.43. The van der Waals surface area contributed by atoms with Crippen LogP contribution in [-0.4, -0.2) is 30.2 Å². The zero-order valence-electron chi connectivity index (χ0n) is 7.30.